The second-order valence-electron chi connectivity index (χ2n) is 5.16. The lowest BCUT2D eigenvalue weighted by Crippen LogP contribution is -2.28. The van der Waals surface area contributed by atoms with E-state index in [1.807, 2.05) is 26.2 Å². The highest BCUT2D eigenvalue weighted by atomic mass is 16.7. The quantitative estimate of drug-likeness (QED) is 0.807. The molecule has 0 radical (unpaired) electrons. The number of aromatic nitrogens is 2. The topological polar surface area (TPSA) is 56.6 Å². The van der Waals surface area contributed by atoms with Crippen LogP contribution in [0.2, 0.25) is 0 Å². The standard InChI is InChI=1S/C17H17N3O3/c1-3-20(11-14-9-18-19(2)10-14)17(21)7-5-13-4-6-15-16(8-13)23-12-22-15/h4,6,8-10H,3,11-12H2,1-2H3. The van der Waals surface area contributed by atoms with Crippen molar-refractivity contribution in [3.05, 3.63) is 41.7 Å². The lowest BCUT2D eigenvalue weighted by atomic mass is 10.2. The Bertz CT molecular complexity index is 786. The van der Waals surface area contributed by atoms with E-state index < -0.39 is 0 Å². The van der Waals surface area contributed by atoms with Gasteiger partial charge in [0.15, 0.2) is 11.5 Å². The Morgan fingerprint density at radius 1 is 1.39 bits per heavy atom. The minimum absolute atomic E-state index is 0.214. The Labute approximate surface area is 134 Å². The molecule has 1 aromatic carbocycles. The van der Waals surface area contributed by atoms with Gasteiger partial charge in [0, 0.05) is 43.4 Å². The van der Waals surface area contributed by atoms with Gasteiger partial charge in [-0.25, -0.2) is 0 Å². The summed E-state index contributed by atoms with van der Waals surface area (Å²) in [6, 6.07) is 5.38. The molecule has 2 heterocycles. The summed E-state index contributed by atoms with van der Waals surface area (Å²) in [6.45, 7) is 3.24. The number of rotatable bonds is 3. The van der Waals surface area contributed by atoms with E-state index in [0.717, 1.165) is 11.1 Å². The number of carbonyl (C=O) groups excluding carboxylic acids is 1. The third-order valence-electron chi connectivity index (χ3n) is 3.49. The zero-order valence-electron chi connectivity index (χ0n) is 13.1. The number of hydrogen-bond donors (Lipinski definition) is 0. The number of hydrogen-bond acceptors (Lipinski definition) is 4. The van der Waals surface area contributed by atoms with Gasteiger partial charge < -0.3 is 14.4 Å². The Balaban J connectivity index is 1.70. The van der Waals surface area contributed by atoms with Crippen molar-refractivity contribution < 1.29 is 14.3 Å². The summed E-state index contributed by atoms with van der Waals surface area (Å²) < 4.78 is 12.3. The first-order valence-corrected chi connectivity index (χ1v) is 7.34. The summed E-state index contributed by atoms with van der Waals surface area (Å²) >= 11 is 0. The van der Waals surface area contributed by atoms with Crippen LogP contribution in [0.5, 0.6) is 11.5 Å². The van der Waals surface area contributed by atoms with Gasteiger partial charge in [0.05, 0.1) is 6.20 Å². The Kier molecular flexibility index (Phi) is 4.20. The molecule has 0 saturated carbocycles. The second kappa shape index (κ2) is 6.44. The maximum absolute atomic E-state index is 12.3. The lowest BCUT2D eigenvalue weighted by Gasteiger charge is -2.16. The highest BCUT2D eigenvalue weighted by molar-refractivity contribution is 5.94. The molecule has 6 nitrogen and oxygen atoms in total. The van der Waals surface area contributed by atoms with Crippen molar-refractivity contribution in [3.8, 4) is 23.3 Å². The van der Waals surface area contributed by atoms with Crippen LogP contribution in [0.3, 0.4) is 0 Å². The molecule has 0 aliphatic carbocycles. The van der Waals surface area contributed by atoms with Crippen LogP contribution in [-0.4, -0.2) is 33.9 Å². The number of nitrogens with zero attached hydrogens (tertiary/aromatic N) is 3. The predicted molar refractivity (Wildman–Crippen MR) is 83.7 cm³/mol. The fraction of sp³-hybridized carbons (Fsp3) is 0.294. The summed E-state index contributed by atoms with van der Waals surface area (Å²) in [6.07, 6.45) is 3.64. The summed E-state index contributed by atoms with van der Waals surface area (Å²) in [5.74, 6) is 6.71. The molecule has 6 heteroatoms. The predicted octanol–water partition coefficient (Wildman–Crippen LogP) is 1.55. The van der Waals surface area contributed by atoms with E-state index in [4.69, 9.17) is 9.47 Å². The molecule has 118 valence electrons. The molecule has 0 saturated heterocycles. The SMILES string of the molecule is CCN(Cc1cnn(C)c1)C(=O)C#Cc1ccc2c(c1)OCO2. The molecular formula is C17H17N3O3. The number of fused-ring (bicyclic) bond motifs is 1. The maximum atomic E-state index is 12.3. The van der Waals surface area contributed by atoms with E-state index in [0.29, 0.717) is 24.6 Å². The Hall–Kier alpha value is -2.94. The van der Waals surface area contributed by atoms with E-state index in [2.05, 4.69) is 16.9 Å². The van der Waals surface area contributed by atoms with Crippen molar-refractivity contribution in [2.45, 2.75) is 13.5 Å². The normalized spacial score (nSPS) is 11.7. The van der Waals surface area contributed by atoms with E-state index >= 15 is 0 Å². The van der Waals surface area contributed by atoms with Crippen LogP contribution in [0, 0.1) is 11.8 Å². The zero-order valence-corrected chi connectivity index (χ0v) is 13.1. The van der Waals surface area contributed by atoms with Crippen LogP contribution in [0.25, 0.3) is 0 Å². The van der Waals surface area contributed by atoms with Crippen molar-refractivity contribution >= 4 is 5.91 Å². The molecule has 0 N–H and O–H groups in total. The number of ether oxygens (including phenoxy) is 2. The fourth-order valence-electron chi connectivity index (χ4n) is 2.28. The number of aryl methyl sites for hydroxylation is 1. The van der Waals surface area contributed by atoms with Crippen molar-refractivity contribution in [1.29, 1.82) is 0 Å². The summed E-state index contributed by atoms with van der Waals surface area (Å²) in [7, 11) is 1.85. The molecular weight excluding hydrogens is 294 g/mol. The zero-order chi connectivity index (χ0) is 16.2. The molecule has 0 unspecified atom stereocenters. The van der Waals surface area contributed by atoms with Crippen molar-refractivity contribution in [2.24, 2.45) is 7.05 Å². The van der Waals surface area contributed by atoms with Crippen LogP contribution in [0.15, 0.2) is 30.6 Å². The van der Waals surface area contributed by atoms with Crippen LogP contribution in [0.1, 0.15) is 18.1 Å². The van der Waals surface area contributed by atoms with Crippen molar-refractivity contribution in [2.75, 3.05) is 13.3 Å². The molecule has 2 aromatic rings. The second-order valence-corrected chi connectivity index (χ2v) is 5.16. The monoisotopic (exact) mass is 311 g/mol. The molecule has 1 amide bonds. The molecule has 0 bridgehead atoms. The molecule has 1 aliphatic heterocycles. The van der Waals surface area contributed by atoms with E-state index in [1.54, 1.807) is 27.9 Å². The van der Waals surface area contributed by atoms with E-state index in [9.17, 15) is 4.79 Å². The van der Waals surface area contributed by atoms with Crippen LogP contribution < -0.4 is 9.47 Å². The van der Waals surface area contributed by atoms with Gasteiger partial charge in [0.1, 0.15) is 0 Å². The number of carbonyl (C=O) groups is 1. The highest BCUT2D eigenvalue weighted by Gasteiger charge is 2.13. The van der Waals surface area contributed by atoms with E-state index in [-0.39, 0.29) is 12.7 Å². The first-order chi connectivity index (χ1) is 11.2. The average molecular weight is 311 g/mol. The molecule has 1 aliphatic rings. The molecule has 1 aromatic heterocycles. The first-order valence-electron chi connectivity index (χ1n) is 7.34. The minimum atomic E-state index is -0.214. The average Bonchev–Trinajstić information content (AvgIpc) is 3.18. The number of benzene rings is 1. The smallest absolute Gasteiger partial charge is 0.299 e. The van der Waals surface area contributed by atoms with Gasteiger partial charge in [0.2, 0.25) is 6.79 Å². The van der Waals surface area contributed by atoms with E-state index in [1.165, 1.54) is 0 Å². The van der Waals surface area contributed by atoms with Gasteiger partial charge in [-0.1, -0.05) is 5.92 Å². The molecule has 3 rings (SSSR count). The van der Waals surface area contributed by atoms with Gasteiger partial charge in [0.25, 0.3) is 5.91 Å². The van der Waals surface area contributed by atoms with Crippen LogP contribution in [-0.2, 0) is 18.4 Å². The Morgan fingerprint density at radius 3 is 2.96 bits per heavy atom. The first kappa shape index (κ1) is 15.0. The van der Waals surface area contributed by atoms with Crippen molar-refractivity contribution in [3.63, 3.8) is 0 Å². The Morgan fingerprint density at radius 2 is 2.22 bits per heavy atom. The van der Waals surface area contributed by atoms with Crippen LogP contribution in [0.4, 0.5) is 0 Å². The molecule has 0 atom stereocenters. The lowest BCUT2D eigenvalue weighted by molar-refractivity contribution is -0.125. The van der Waals surface area contributed by atoms with Gasteiger partial charge in [-0.15, -0.1) is 0 Å². The molecule has 0 spiro atoms. The molecule has 23 heavy (non-hydrogen) atoms. The minimum Gasteiger partial charge on any atom is -0.454 e. The number of amides is 1. The third kappa shape index (κ3) is 3.46. The van der Waals surface area contributed by atoms with Gasteiger partial charge in [-0.3, -0.25) is 9.48 Å². The van der Waals surface area contributed by atoms with Crippen LogP contribution >= 0.6 is 0 Å². The largest absolute Gasteiger partial charge is 0.454 e. The maximum Gasteiger partial charge on any atom is 0.299 e. The third-order valence-corrected chi connectivity index (χ3v) is 3.49. The molecule has 0 fully saturated rings. The van der Waals surface area contributed by atoms with Gasteiger partial charge in [-0.2, -0.15) is 5.10 Å². The van der Waals surface area contributed by atoms with Gasteiger partial charge in [-0.05, 0) is 25.1 Å². The van der Waals surface area contributed by atoms with Gasteiger partial charge >= 0.3 is 0 Å². The fourth-order valence-corrected chi connectivity index (χ4v) is 2.28. The summed E-state index contributed by atoms with van der Waals surface area (Å²) in [4.78, 5) is 13.9. The summed E-state index contributed by atoms with van der Waals surface area (Å²) in [5, 5.41) is 4.11. The summed E-state index contributed by atoms with van der Waals surface area (Å²) in [5.41, 5.74) is 1.70. The van der Waals surface area contributed by atoms with Crippen molar-refractivity contribution in [1.82, 2.24) is 14.7 Å². The highest BCUT2D eigenvalue weighted by Crippen LogP contribution is 2.32.